The molecule has 3 rings (SSSR count). The highest BCUT2D eigenvalue weighted by molar-refractivity contribution is 5.79. The molecule has 0 atom stereocenters. The van der Waals surface area contributed by atoms with Gasteiger partial charge in [-0.2, -0.15) is 0 Å². The predicted molar refractivity (Wildman–Crippen MR) is 99.6 cm³/mol. The Morgan fingerprint density at radius 1 is 0.960 bits per heavy atom. The van der Waals surface area contributed by atoms with E-state index in [-0.39, 0.29) is 5.91 Å². The van der Waals surface area contributed by atoms with Crippen LogP contribution in [0.25, 0.3) is 0 Å². The van der Waals surface area contributed by atoms with Crippen molar-refractivity contribution in [3.8, 4) is 5.75 Å². The number of hydrogen-bond acceptors (Lipinski definition) is 3. The average molecular weight is 338 g/mol. The van der Waals surface area contributed by atoms with E-state index in [1.165, 1.54) is 0 Å². The molecule has 4 nitrogen and oxygen atoms in total. The van der Waals surface area contributed by atoms with Crippen LogP contribution in [0.1, 0.15) is 18.1 Å². The van der Waals surface area contributed by atoms with Crippen LogP contribution in [0.5, 0.6) is 5.75 Å². The Hall–Kier alpha value is -2.33. The summed E-state index contributed by atoms with van der Waals surface area (Å²) in [7, 11) is 0. The first-order valence-electron chi connectivity index (χ1n) is 9.01. The van der Waals surface area contributed by atoms with Crippen LogP contribution in [0, 0.1) is 0 Å². The first-order chi connectivity index (χ1) is 12.3. The van der Waals surface area contributed by atoms with Gasteiger partial charge in [0.15, 0.2) is 0 Å². The van der Waals surface area contributed by atoms with Gasteiger partial charge in [0.05, 0.1) is 6.42 Å². The summed E-state index contributed by atoms with van der Waals surface area (Å²) in [6.45, 7) is 7.30. The molecular weight excluding hydrogens is 312 g/mol. The van der Waals surface area contributed by atoms with Gasteiger partial charge in [-0.1, -0.05) is 55.5 Å². The Kier molecular flexibility index (Phi) is 6.07. The quantitative estimate of drug-likeness (QED) is 0.812. The second-order valence-electron chi connectivity index (χ2n) is 6.37. The van der Waals surface area contributed by atoms with Gasteiger partial charge in [-0.25, -0.2) is 0 Å². The maximum absolute atomic E-state index is 12.6. The van der Waals surface area contributed by atoms with Crippen LogP contribution in [0.15, 0.2) is 54.6 Å². The van der Waals surface area contributed by atoms with E-state index in [1.807, 2.05) is 59.5 Å². The number of hydrogen-bond donors (Lipinski definition) is 0. The number of para-hydroxylation sites is 1. The Labute approximate surface area is 150 Å². The monoisotopic (exact) mass is 338 g/mol. The van der Waals surface area contributed by atoms with Crippen LogP contribution in [-0.2, 0) is 17.8 Å². The third-order valence-electron chi connectivity index (χ3n) is 4.72. The van der Waals surface area contributed by atoms with Crippen LogP contribution in [0.4, 0.5) is 0 Å². The van der Waals surface area contributed by atoms with E-state index in [4.69, 9.17) is 4.74 Å². The fraction of sp³-hybridized carbons (Fsp3) is 0.381. The lowest BCUT2D eigenvalue weighted by Gasteiger charge is -2.34. The van der Waals surface area contributed by atoms with E-state index >= 15 is 0 Å². The molecule has 0 N–H and O–H groups in total. The van der Waals surface area contributed by atoms with E-state index in [0.717, 1.165) is 49.6 Å². The Morgan fingerprint density at radius 2 is 1.64 bits per heavy atom. The van der Waals surface area contributed by atoms with Crippen LogP contribution in [-0.4, -0.2) is 48.4 Å². The lowest BCUT2D eigenvalue weighted by molar-refractivity contribution is -0.132. The fourth-order valence-electron chi connectivity index (χ4n) is 3.11. The summed E-state index contributed by atoms with van der Waals surface area (Å²) in [5.74, 6) is 0.985. The SMILES string of the molecule is CCN1CCN(C(=O)Cc2ccccc2OCc2ccccc2)CC1. The van der Waals surface area contributed by atoms with E-state index in [2.05, 4.69) is 11.8 Å². The first-order valence-corrected chi connectivity index (χ1v) is 9.01. The van der Waals surface area contributed by atoms with Crippen molar-refractivity contribution in [1.29, 1.82) is 0 Å². The maximum atomic E-state index is 12.6. The molecule has 1 amide bonds. The minimum atomic E-state index is 0.187. The maximum Gasteiger partial charge on any atom is 0.227 e. The summed E-state index contributed by atoms with van der Waals surface area (Å²) < 4.78 is 5.97. The van der Waals surface area contributed by atoms with Gasteiger partial charge in [-0.05, 0) is 18.2 Å². The van der Waals surface area contributed by atoms with Gasteiger partial charge >= 0.3 is 0 Å². The summed E-state index contributed by atoms with van der Waals surface area (Å²) in [4.78, 5) is 17.0. The number of ether oxygens (including phenoxy) is 1. The van der Waals surface area contributed by atoms with Crippen molar-refractivity contribution in [3.63, 3.8) is 0 Å². The second-order valence-corrected chi connectivity index (χ2v) is 6.37. The molecule has 1 aliphatic rings. The van der Waals surface area contributed by atoms with E-state index in [1.54, 1.807) is 0 Å². The summed E-state index contributed by atoms with van der Waals surface area (Å²) in [5.41, 5.74) is 2.08. The highest BCUT2D eigenvalue weighted by Crippen LogP contribution is 2.21. The average Bonchev–Trinajstić information content (AvgIpc) is 2.68. The number of benzene rings is 2. The number of carbonyl (C=O) groups excluding carboxylic acids is 1. The minimum Gasteiger partial charge on any atom is -0.489 e. The predicted octanol–water partition coefficient (Wildman–Crippen LogP) is 2.97. The molecule has 132 valence electrons. The van der Waals surface area contributed by atoms with Crippen molar-refractivity contribution in [1.82, 2.24) is 9.80 Å². The van der Waals surface area contributed by atoms with Crippen LogP contribution >= 0.6 is 0 Å². The lowest BCUT2D eigenvalue weighted by atomic mass is 10.1. The first kappa shape index (κ1) is 17.5. The molecule has 1 aliphatic heterocycles. The summed E-state index contributed by atoms with van der Waals surface area (Å²) >= 11 is 0. The van der Waals surface area contributed by atoms with Crippen LogP contribution in [0.2, 0.25) is 0 Å². The number of piperazine rings is 1. The van der Waals surface area contributed by atoms with E-state index in [9.17, 15) is 4.79 Å². The van der Waals surface area contributed by atoms with Crippen LogP contribution < -0.4 is 4.74 Å². The third-order valence-corrected chi connectivity index (χ3v) is 4.72. The van der Waals surface area contributed by atoms with E-state index < -0.39 is 0 Å². The molecule has 4 heteroatoms. The molecule has 1 heterocycles. The van der Waals surface area contributed by atoms with Crippen molar-refractivity contribution in [3.05, 3.63) is 65.7 Å². The normalized spacial score (nSPS) is 15.2. The second kappa shape index (κ2) is 8.67. The highest BCUT2D eigenvalue weighted by atomic mass is 16.5. The fourth-order valence-corrected chi connectivity index (χ4v) is 3.11. The summed E-state index contributed by atoms with van der Waals surface area (Å²) in [6.07, 6.45) is 0.400. The zero-order valence-electron chi connectivity index (χ0n) is 14.9. The van der Waals surface area contributed by atoms with Crippen molar-refractivity contribution < 1.29 is 9.53 Å². The number of nitrogens with zero attached hydrogens (tertiary/aromatic N) is 2. The van der Waals surface area contributed by atoms with Crippen LogP contribution in [0.3, 0.4) is 0 Å². The van der Waals surface area contributed by atoms with Gasteiger partial charge in [-0.15, -0.1) is 0 Å². The number of amides is 1. The molecule has 0 aliphatic carbocycles. The Morgan fingerprint density at radius 3 is 2.36 bits per heavy atom. The minimum absolute atomic E-state index is 0.187. The van der Waals surface area contributed by atoms with Crippen molar-refractivity contribution in [2.75, 3.05) is 32.7 Å². The van der Waals surface area contributed by atoms with Crippen molar-refractivity contribution >= 4 is 5.91 Å². The lowest BCUT2D eigenvalue weighted by Crippen LogP contribution is -2.48. The molecule has 0 bridgehead atoms. The molecule has 0 unspecified atom stereocenters. The molecule has 1 fully saturated rings. The van der Waals surface area contributed by atoms with Gasteiger partial charge in [0.25, 0.3) is 0 Å². The molecule has 0 radical (unpaired) electrons. The van der Waals surface area contributed by atoms with Crippen molar-refractivity contribution in [2.45, 2.75) is 20.0 Å². The Bertz CT molecular complexity index is 679. The molecule has 0 spiro atoms. The zero-order valence-corrected chi connectivity index (χ0v) is 14.9. The third kappa shape index (κ3) is 4.83. The topological polar surface area (TPSA) is 32.8 Å². The number of carbonyl (C=O) groups is 1. The van der Waals surface area contributed by atoms with Crippen molar-refractivity contribution in [2.24, 2.45) is 0 Å². The highest BCUT2D eigenvalue weighted by Gasteiger charge is 2.21. The molecule has 0 aromatic heterocycles. The molecule has 0 saturated carbocycles. The molecule has 2 aromatic rings. The van der Waals surface area contributed by atoms with Gasteiger partial charge in [-0.3, -0.25) is 4.79 Å². The number of rotatable bonds is 6. The largest absolute Gasteiger partial charge is 0.489 e. The molecule has 2 aromatic carbocycles. The molecule has 1 saturated heterocycles. The molecule has 25 heavy (non-hydrogen) atoms. The van der Waals surface area contributed by atoms with Gasteiger partial charge in [0.1, 0.15) is 12.4 Å². The smallest absolute Gasteiger partial charge is 0.227 e. The van der Waals surface area contributed by atoms with E-state index in [0.29, 0.717) is 13.0 Å². The van der Waals surface area contributed by atoms with Gasteiger partial charge in [0, 0.05) is 31.7 Å². The number of likely N-dealkylation sites (N-methyl/N-ethyl adjacent to an activating group) is 1. The standard InChI is InChI=1S/C21H26N2O2/c1-2-22-12-14-23(15-13-22)21(24)16-19-10-6-7-11-20(19)25-17-18-8-4-3-5-9-18/h3-11H,2,12-17H2,1H3. The molecular formula is C21H26N2O2. The Balaban J connectivity index is 1.60. The van der Waals surface area contributed by atoms with Gasteiger partial charge in [0.2, 0.25) is 5.91 Å². The summed E-state index contributed by atoms with van der Waals surface area (Å²) in [6, 6.07) is 17.9. The summed E-state index contributed by atoms with van der Waals surface area (Å²) in [5, 5.41) is 0. The van der Waals surface area contributed by atoms with Gasteiger partial charge < -0.3 is 14.5 Å². The zero-order chi connectivity index (χ0) is 17.5.